The molecular weight excluding hydrogens is 330 g/mol. The monoisotopic (exact) mass is 357 g/mol. The number of nitrogens with one attached hydrogen (secondary N) is 1. The Balaban J connectivity index is 1.50. The van der Waals surface area contributed by atoms with Crippen molar-refractivity contribution in [3.05, 3.63) is 82.9 Å². The molecule has 3 aromatic carbocycles. The Morgan fingerprint density at radius 2 is 1.74 bits per heavy atom. The molecule has 1 aliphatic rings. The summed E-state index contributed by atoms with van der Waals surface area (Å²) in [5.74, 6) is 0.0934. The van der Waals surface area contributed by atoms with Gasteiger partial charge in [-0.3, -0.25) is 4.79 Å². The molecule has 0 fully saturated rings. The summed E-state index contributed by atoms with van der Waals surface area (Å²) >= 11 is 0. The third-order valence-electron chi connectivity index (χ3n) is 5.75. The molecule has 3 aromatic rings. The van der Waals surface area contributed by atoms with Crippen molar-refractivity contribution in [1.29, 1.82) is 0 Å². The number of hydrogen-bond acceptors (Lipinski definition) is 1. The number of carbonyl (C=O) groups excluding carboxylic acids is 1. The van der Waals surface area contributed by atoms with Crippen LogP contribution in [0.15, 0.2) is 60.7 Å². The number of benzene rings is 3. The molecule has 1 aliphatic carbocycles. The van der Waals surface area contributed by atoms with Gasteiger partial charge in [-0.15, -0.1) is 0 Å². The van der Waals surface area contributed by atoms with Crippen molar-refractivity contribution in [2.75, 3.05) is 0 Å². The molecule has 0 spiro atoms. The lowest BCUT2D eigenvalue weighted by atomic mass is 9.88. The highest BCUT2D eigenvalue weighted by Crippen LogP contribution is 2.26. The van der Waals surface area contributed by atoms with Gasteiger partial charge in [0, 0.05) is 0 Å². The maximum absolute atomic E-state index is 12.8. The predicted octanol–water partition coefficient (Wildman–Crippen LogP) is 5.53. The van der Waals surface area contributed by atoms with E-state index >= 15 is 0 Å². The number of carbonyl (C=O) groups is 1. The third-order valence-corrected chi connectivity index (χ3v) is 5.75. The van der Waals surface area contributed by atoms with Crippen LogP contribution >= 0.6 is 0 Å². The molecule has 0 heterocycles. The fourth-order valence-corrected chi connectivity index (χ4v) is 4.26. The molecule has 1 unspecified atom stereocenters. The van der Waals surface area contributed by atoms with Gasteiger partial charge >= 0.3 is 0 Å². The molecule has 1 N–H and O–H groups in total. The minimum Gasteiger partial charge on any atom is -0.349 e. The van der Waals surface area contributed by atoms with E-state index in [1.54, 1.807) is 0 Å². The van der Waals surface area contributed by atoms with Crippen LogP contribution in [0, 0.1) is 0 Å². The van der Waals surface area contributed by atoms with Crippen molar-refractivity contribution in [2.45, 2.75) is 51.5 Å². The average Bonchev–Trinajstić information content (AvgIpc) is 2.72. The Hall–Kier alpha value is -2.61. The first-order valence-corrected chi connectivity index (χ1v) is 10.1. The molecule has 4 rings (SSSR count). The summed E-state index contributed by atoms with van der Waals surface area (Å²) in [6, 6.07) is 21.3. The molecule has 27 heavy (non-hydrogen) atoms. The Bertz CT molecular complexity index is 954. The Morgan fingerprint density at radius 3 is 2.59 bits per heavy atom. The number of rotatable bonds is 5. The van der Waals surface area contributed by atoms with Gasteiger partial charge in [-0.1, -0.05) is 67.6 Å². The van der Waals surface area contributed by atoms with E-state index in [2.05, 4.69) is 54.7 Å². The summed E-state index contributed by atoms with van der Waals surface area (Å²) in [5, 5.41) is 5.61. The largest absolute Gasteiger partial charge is 0.349 e. The number of fused-ring (bicyclic) bond motifs is 2. The van der Waals surface area contributed by atoms with Crippen molar-refractivity contribution < 1.29 is 4.79 Å². The smallest absolute Gasteiger partial charge is 0.224 e. The van der Waals surface area contributed by atoms with Crippen LogP contribution in [0.2, 0.25) is 0 Å². The third kappa shape index (κ3) is 3.90. The van der Waals surface area contributed by atoms with E-state index in [-0.39, 0.29) is 11.9 Å². The first-order chi connectivity index (χ1) is 13.2. The molecule has 138 valence electrons. The van der Waals surface area contributed by atoms with Gasteiger partial charge < -0.3 is 5.32 Å². The zero-order valence-corrected chi connectivity index (χ0v) is 16.0. The van der Waals surface area contributed by atoms with E-state index in [4.69, 9.17) is 0 Å². The summed E-state index contributed by atoms with van der Waals surface area (Å²) in [4.78, 5) is 12.8. The van der Waals surface area contributed by atoms with Gasteiger partial charge in [-0.2, -0.15) is 0 Å². The number of hydrogen-bond donors (Lipinski definition) is 1. The summed E-state index contributed by atoms with van der Waals surface area (Å²) in [6.45, 7) is 2.14. The van der Waals surface area contributed by atoms with Crippen LogP contribution in [0.4, 0.5) is 0 Å². The molecule has 2 heteroatoms. The lowest BCUT2D eigenvalue weighted by Crippen LogP contribution is -2.29. The molecule has 0 saturated carbocycles. The minimum absolute atomic E-state index is 0.0831. The van der Waals surface area contributed by atoms with E-state index < -0.39 is 0 Å². The fourth-order valence-electron chi connectivity index (χ4n) is 4.26. The van der Waals surface area contributed by atoms with Crippen molar-refractivity contribution in [3.8, 4) is 0 Å². The van der Waals surface area contributed by atoms with Crippen molar-refractivity contribution >= 4 is 16.7 Å². The fraction of sp³-hybridized carbons (Fsp3) is 0.320. The highest BCUT2D eigenvalue weighted by atomic mass is 16.1. The van der Waals surface area contributed by atoms with Gasteiger partial charge in [0.2, 0.25) is 5.91 Å². The molecule has 0 radical (unpaired) electrons. The lowest BCUT2D eigenvalue weighted by molar-refractivity contribution is -0.121. The normalized spacial score (nSPS) is 14.6. The molecule has 1 amide bonds. The van der Waals surface area contributed by atoms with E-state index in [0.717, 1.165) is 17.4 Å². The quantitative estimate of drug-likeness (QED) is 0.639. The Morgan fingerprint density at radius 1 is 0.963 bits per heavy atom. The average molecular weight is 357 g/mol. The highest BCUT2D eigenvalue weighted by molar-refractivity contribution is 5.90. The second-order valence-electron chi connectivity index (χ2n) is 7.58. The molecule has 2 nitrogen and oxygen atoms in total. The van der Waals surface area contributed by atoms with Crippen LogP contribution in [0.1, 0.15) is 54.5 Å². The maximum atomic E-state index is 12.8. The van der Waals surface area contributed by atoms with E-state index in [0.29, 0.717) is 6.42 Å². The highest BCUT2D eigenvalue weighted by Gasteiger charge is 2.17. The summed E-state index contributed by atoms with van der Waals surface area (Å²) in [6.07, 6.45) is 6.26. The van der Waals surface area contributed by atoms with Crippen molar-refractivity contribution in [1.82, 2.24) is 5.32 Å². The minimum atomic E-state index is 0.0831. The number of aryl methyl sites for hydroxylation is 2. The van der Waals surface area contributed by atoms with Crippen LogP contribution in [0.3, 0.4) is 0 Å². The SMILES string of the molecule is CCC(NC(=O)Cc1cccc2ccccc12)c1ccc2c(c1)CCCC2. The lowest BCUT2D eigenvalue weighted by Gasteiger charge is -2.22. The van der Waals surface area contributed by atoms with Crippen LogP contribution in [0.25, 0.3) is 10.8 Å². The predicted molar refractivity (Wildman–Crippen MR) is 112 cm³/mol. The summed E-state index contributed by atoms with van der Waals surface area (Å²) in [5.41, 5.74) is 5.29. The van der Waals surface area contributed by atoms with Gasteiger partial charge in [0.05, 0.1) is 12.5 Å². The van der Waals surface area contributed by atoms with Crippen molar-refractivity contribution in [3.63, 3.8) is 0 Å². The first kappa shape index (κ1) is 17.8. The van der Waals surface area contributed by atoms with Gasteiger partial charge in [0.15, 0.2) is 0 Å². The van der Waals surface area contributed by atoms with Gasteiger partial charge in [0.25, 0.3) is 0 Å². The maximum Gasteiger partial charge on any atom is 0.224 e. The van der Waals surface area contributed by atoms with E-state index in [1.807, 2.05) is 18.2 Å². The molecule has 1 atom stereocenters. The summed E-state index contributed by atoms with van der Waals surface area (Å²) < 4.78 is 0. The zero-order valence-electron chi connectivity index (χ0n) is 16.0. The van der Waals surface area contributed by atoms with Gasteiger partial charge in [-0.25, -0.2) is 0 Å². The summed E-state index contributed by atoms with van der Waals surface area (Å²) in [7, 11) is 0. The van der Waals surface area contributed by atoms with Crippen molar-refractivity contribution in [2.24, 2.45) is 0 Å². The molecule has 0 saturated heterocycles. The first-order valence-electron chi connectivity index (χ1n) is 10.1. The van der Waals surface area contributed by atoms with Gasteiger partial charge in [0.1, 0.15) is 0 Å². The number of amides is 1. The van der Waals surface area contributed by atoms with E-state index in [1.165, 1.54) is 47.8 Å². The van der Waals surface area contributed by atoms with Crippen LogP contribution in [0.5, 0.6) is 0 Å². The van der Waals surface area contributed by atoms with Crippen LogP contribution < -0.4 is 5.32 Å². The molecular formula is C25H27NO. The molecule has 0 bridgehead atoms. The Kier molecular flexibility index (Phi) is 5.24. The molecule has 0 aliphatic heterocycles. The standard InChI is InChI=1S/C25H27NO/c1-2-24(22-15-14-18-8-3-4-10-20(18)16-22)26-25(27)17-21-12-7-11-19-9-5-6-13-23(19)21/h5-7,9,11-16,24H,2-4,8,10,17H2,1H3,(H,26,27). The topological polar surface area (TPSA) is 29.1 Å². The van der Waals surface area contributed by atoms with Gasteiger partial charge in [-0.05, 0) is 65.1 Å². The van der Waals surface area contributed by atoms with E-state index in [9.17, 15) is 4.79 Å². The second-order valence-corrected chi connectivity index (χ2v) is 7.58. The molecule has 0 aromatic heterocycles. The zero-order chi connectivity index (χ0) is 18.6. The van der Waals surface area contributed by atoms with Crippen LogP contribution in [-0.2, 0) is 24.1 Å². The second kappa shape index (κ2) is 7.96. The van der Waals surface area contributed by atoms with Crippen LogP contribution in [-0.4, -0.2) is 5.91 Å². The Labute approximate surface area is 161 Å².